The fourth-order valence-electron chi connectivity index (χ4n) is 3.32. The fraction of sp³-hybridized carbons (Fsp3) is 0.150. The number of anilines is 1. The zero-order chi connectivity index (χ0) is 18.2. The SMILES string of the molecule is O=C1CN(c2nc(-c3cccs3)nc3scc(-c4ccccc4)c23)CCN1. The summed E-state index contributed by atoms with van der Waals surface area (Å²) in [4.78, 5) is 25.8. The van der Waals surface area contributed by atoms with Crippen molar-refractivity contribution in [3.8, 4) is 21.8 Å². The van der Waals surface area contributed by atoms with Crippen molar-refractivity contribution >= 4 is 44.6 Å². The molecule has 0 radical (unpaired) electrons. The van der Waals surface area contributed by atoms with Gasteiger partial charge in [-0.3, -0.25) is 4.79 Å². The first-order chi connectivity index (χ1) is 13.3. The molecular formula is C20H16N4OS2. The number of aromatic nitrogens is 2. The van der Waals surface area contributed by atoms with Crippen molar-refractivity contribution < 1.29 is 4.79 Å². The maximum atomic E-state index is 12.0. The number of hydrogen-bond donors (Lipinski definition) is 1. The Morgan fingerprint density at radius 3 is 2.70 bits per heavy atom. The first-order valence-electron chi connectivity index (χ1n) is 8.70. The predicted octanol–water partition coefficient (Wildman–Crippen LogP) is 4.02. The maximum Gasteiger partial charge on any atom is 0.239 e. The molecule has 0 bridgehead atoms. The van der Waals surface area contributed by atoms with Gasteiger partial charge >= 0.3 is 0 Å². The summed E-state index contributed by atoms with van der Waals surface area (Å²) < 4.78 is 0. The Balaban J connectivity index is 1.74. The molecular weight excluding hydrogens is 376 g/mol. The van der Waals surface area contributed by atoms with Gasteiger partial charge in [-0.1, -0.05) is 36.4 Å². The second-order valence-electron chi connectivity index (χ2n) is 6.32. The number of piperazine rings is 1. The van der Waals surface area contributed by atoms with Gasteiger partial charge in [-0.15, -0.1) is 22.7 Å². The van der Waals surface area contributed by atoms with E-state index in [-0.39, 0.29) is 5.91 Å². The van der Waals surface area contributed by atoms with Crippen LogP contribution < -0.4 is 10.2 Å². The van der Waals surface area contributed by atoms with Gasteiger partial charge in [0, 0.05) is 24.0 Å². The summed E-state index contributed by atoms with van der Waals surface area (Å²) in [5.74, 6) is 1.60. The number of nitrogens with one attached hydrogen (secondary N) is 1. The van der Waals surface area contributed by atoms with E-state index in [0.29, 0.717) is 13.1 Å². The number of fused-ring (bicyclic) bond motifs is 1. The second kappa shape index (κ2) is 6.75. The van der Waals surface area contributed by atoms with E-state index in [0.717, 1.165) is 44.4 Å². The highest BCUT2D eigenvalue weighted by molar-refractivity contribution is 7.17. The molecule has 1 aliphatic rings. The zero-order valence-corrected chi connectivity index (χ0v) is 16.0. The number of benzene rings is 1. The van der Waals surface area contributed by atoms with E-state index >= 15 is 0 Å². The topological polar surface area (TPSA) is 58.1 Å². The molecule has 0 atom stereocenters. The highest BCUT2D eigenvalue weighted by Crippen LogP contribution is 2.40. The summed E-state index contributed by atoms with van der Waals surface area (Å²) in [5.41, 5.74) is 2.26. The third kappa shape index (κ3) is 2.98. The van der Waals surface area contributed by atoms with Gasteiger partial charge in [0.25, 0.3) is 0 Å². The third-order valence-electron chi connectivity index (χ3n) is 4.58. The van der Waals surface area contributed by atoms with E-state index in [1.807, 2.05) is 35.7 Å². The Kier molecular flexibility index (Phi) is 4.10. The van der Waals surface area contributed by atoms with Crippen molar-refractivity contribution in [1.82, 2.24) is 15.3 Å². The van der Waals surface area contributed by atoms with Crippen molar-refractivity contribution in [2.24, 2.45) is 0 Å². The Hall–Kier alpha value is -2.77. The Morgan fingerprint density at radius 1 is 1.04 bits per heavy atom. The number of thiophene rings is 2. The van der Waals surface area contributed by atoms with Crippen molar-refractivity contribution in [2.75, 3.05) is 24.5 Å². The number of amides is 1. The van der Waals surface area contributed by atoms with E-state index in [4.69, 9.17) is 9.97 Å². The summed E-state index contributed by atoms with van der Waals surface area (Å²) in [6, 6.07) is 14.3. The smallest absolute Gasteiger partial charge is 0.239 e. The molecule has 1 fully saturated rings. The van der Waals surface area contributed by atoms with Crippen LogP contribution in [0.1, 0.15) is 0 Å². The summed E-state index contributed by atoms with van der Waals surface area (Å²) in [6.45, 7) is 1.69. The number of nitrogens with zero attached hydrogens (tertiary/aromatic N) is 3. The normalized spacial score (nSPS) is 14.5. The van der Waals surface area contributed by atoms with E-state index in [1.165, 1.54) is 0 Å². The summed E-state index contributed by atoms with van der Waals surface area (Å²) in [7, 11) is 0. The highest BCUT2D eigenvalue weighted by Gasteiger charge is 2.24. The van der Waals surface area contributed by atoms with E-state index in [1.54, 1.807) is 22.7 Å². The van der Waals surface area contributed by atoms with Crippen LogP contribution in [0.4, 0.5) is 5.82 Å². The van der Waals surface area contributed by atoms with Crippen LogP contribution in [0.5, 0.6) is 0 Å². The number of carbonyl (C=O) groups excluding carboxylic acids is 1. The van der Waals surface area contributed by atoms with E-state index < -0.39 is 0 Å². The standard InChI is InChI=1S/C20H16N4OS2/c25-16-11-24(9-8-21-16)19-17-14(13-5-2-1-3-6-13)12-27-20(17)23-18(22-19)15-7-4-10-26-15/h1-7,10,12H,8-9,11H2,(H,21,25). The summed E-state index contributed by atoms with van der Waals surface area (Å²) >= 11 is 3.25. The zero-order valence-electron chi connectivity index (χ0n) is 14.4. The van der Waals surface area contributed by atoms with Gasteiger partial charge in [0.2, 0.25) is 5.91 Å². The second-order valence-corrected chi connectivity index (χ2v) is 8.12. The van der Waals surface area contributed by atoms with Crippen molar-refractivity contribution in [3.05, 3.63) is 53.2 Å². The molecule has 4 heterocycles. The molecule has 1 aromatic carbocycles. The number of rotatable bonds is 3. The van der Waals surface area contributed by atoms with Crippen LogP contribution in [0, 0.1) is 0 Å². The minimum atomic E-state index is 0.0298. The molecule has 7 heteroatoms. The Morgan fingerprint density at radius 2 is 1.93 bits per heavy atom. The number of carbonyl (C=O) groups is 1. The van der Waals surface area contributed by atoms with E-state index in [2.05, 4.69) is 27.7 Å². The fourth-order valence-corrected chi connectivity index (χ4v) is 4.92. The Labute approximate surface area is 164 Å². The van der Waals surface area contributed by atoms with Crippen molar-refractivity contribution in [3.63, 3.8) is 0 Å². The van der Waals surface area contributed by atoms with Crippen molar-refractivity contribution in [2.45, 2.75) is 0 Å². The lowest BCUT2D eigenvalue weighted by molar-refractivity contribution is -0.120. The molecule has 0 aliphatic carbocycles. The van der Waals surface area contributed by atoms with Crippen LogP contribution in [0.15, 0.2) is 53.2 Å². The Bertz CT molecular complexity index is 1110. The van der Waals surface area contributed by atoms with Gasteiger partial charge in [-0.25, -0.2) is 9.97 Å². The molecule has 5 rings (SSSR count). The lowest BCUT2D eigenvalue weighted by Crippen LogP contribution is -2.48. The molecule has 3 aromatic heterocycles. The molecule has 0 saturated carbocycles. The van der Waals surface area contributed by atoms with E-state index in [9.17, 15) is 4.79 Å². The first kappa shape index (κ1) is 16.4. The lowest BCUT2D eigenvalue weighted by Gasteiger charge is -2.28. The van der Waals surface area contributed by atoms with Gasteiger partial charge in [-0.05, 0) is 17.0 Å². The summed E-state index contributed by atoms with van der Waals surface area (Å²) in [5, 5.41) is 8.09. The largest absolute Gasteiger partial charge is 0.353 e. The number of hydrogen-bond acceptors (Lipinski definition) is 6. The average Bonchev–Trinajstić information content (AvgIpc) is 3.38. The summed E-state index contributed by atoms with van der Waals surface area (Å²) in [6.07, 6.45) is 0. The van der Waals surface area contributed by atoms with Gasteiger partial charge < -0.3 is 10.2 Å². The van der Waals surface area contributed by atoms with Crippen LogP contribution >= 0.6 is 22.7 Å². The third-order valence-corrected chi connectivity index (χ3v) is 6.32. The molecule has 1 saturated heterocycles. The monoisotopic (exact) mass is 392 g/mol. The molecule has 27 heavy (non-hydrogen) atoms. The van der Waals surface area contributed by atoms with Crippen LogP contribution in [0.3, 0.4) is 0 Å². The molecule has 1 amide bonds. The highest BCUT2D eigenvalue weighted by atomic mass is 32.1. The van der Waals surface area contributed by atoms with Crippen LogP contribution in [-0.4, -0.2) is 35.5 Å². The molecule has 134 valence electrons. The first-order valence-corrected chi connectivity index (χ1v) is 10.5. The molecule has 5 nitrogen and oxygen atoms in total. The molecule has 0 spiro atoms. The van der Waals surface area contributed by atoms with Crippen LogP contribution in [0.25, 0.3) is 32.0 Å². The van der Waals surface area contributed by atoms with Crippen LogP contribution in [0.2, 0.25) is 0 Å². The quantitative estimate of drug-likeness (QED) is 0.572. The van der Waals surface area contributed by atoms with Crippen molar-refractivity contribution in [1.29, 1.82) is 0 Å². The molecule has 1 aliphatic heterocycles. The minimum absolute atomic E-state index is 0.0298. The van der Waals surface area contributed by atoms with Gasteiger partial charge in [-0.2, -0.15) is 0 Å². The minimum Gasteiger partial charge on any atom is -0.353 e. The van der Waals surface area contributed by atoms with Gasteiger partial charge in [0.05, 0.1) is 16.8 Å². The van der Waals surface area contributed by atoms with Crippen LogP contribution in [-0.2, 0) is 4.79 Å². The molecule has 1 N–H and O–H groups in total. The lowest BCUT2D eigenvalue weighted by atomic mass is 10.1. The molecule has 4 aromatic rings. The van der Waals surface area contributed by atoms with Gasteiger partial charge in [0.15, 0.2) is 5.82 Å². The predicted molar refractivity (Wildman–Crippen MR) is 111 cm³/mol. The van der Waals surface area contributed by atoms with Gasteiger partial charge in [0.1, 0.15) is 10.6 Å². The average molecular weight is 393 g/mol. The maximum absolute atomic E-state index is 12.0. The molecule has 0 unspecified atom stereocenters.